The molecule has 28 heavy (non-hydrogen) atoms. The van der Waals surface area contributed by atoms with E-state index in [1.54, 1.807) is 0 Å². The Labute approximate surface area is 167 Å². The quantitative estimate of drug-likeness (QED) is 0.532. The van der Waals surface area contributed by atoms with Crippen molar-refractivity contribution < 1.29 is 24.4 Å². The lowest BCUT2D eigenvalue weighted by Crippen LogP contribution is -2.64. The summed E-state index contributed by atoms with van der Waals surface area (Å²) in [6, 6.07) is 0. The van der Waals surface area contributed by atoms with Gasteiger partial charge in [-0.05, 0) is 62.7 Å². The topological polar surface area (TPSA) is 71.5 Å². The Morgan fingerprint density at radius 1 is 1.04 bits per heavy atom. The van der Waals surface area contributed by atoms with Crippen LogP contribution in [-0.4, -0.2) is 53.1 Å². The molecule has 4 aliphatic carbocycles. The molecule has 0 aromatic rings. The first-order chi connectivity index (χ1) is 13.3. The predicted octanol–water partition coefficient (Wildman–Crippen LogP) is 2.79. The standard InChI is InChI=1S/C23H34O5/c1-20-7-6-14(24)10-13(20)4-5-15-16(20)11-18(25)21(2)17(12-19-23(15,21)28-19)22(3)26-8-9-27-22/h4,14-19,24-25H,5-12H2,1-3H3/t14-,15+,16-,17-,18+,19?,20-,21-,23-/m0/s1. The minimum absolute atomic E-state index is 0.0814. The van der Waals surface area contributed by atoms with Crippen LogP contribution in [0.2, 0.25) is 0 Å². The highest BCUT2D eigenvalue weighted by molar-refractivity contribution is 5.35. The van der Waals surface area contributed by atoms with Crippen molar-refractivity contribution in [1.82, 2.24) is 0 Å². The van der Waals surface area contributed by atoms with Gasteiger partial charge in [-0.2, -0.15) is 0 Å². The van der Waals surface area contributed by atoms with E-state index >= 15 is 0 Å². The SMILES string of the molecule is CC1([C@H]2CC3O[C@@]34[C@@H]3CC=C5C[C@@H](O)CC[C@]5(C)[C@H]3C[C@@H](O)[C@]24C)OCCO1. The smallest absolute Gasteiger partial charge is 0.169 e. The average Bonchev–Trinajstić information content (AvgIpc) is 3.09. The second-order valence-corrected chi connectivity index (χ2v) is 10.9. The van der Waals surface area contributed by atoms with Gasteiger partial charge in [-0.1, -0.05) is 25.5 Å². The fraction of sp³-hybridized carbons (Fsp3) is 0.913. The molecule has 5 fully saturated rings. The minimum atomic E-state index is -0.610. The molecule has 5 nitrogen and oxygen atoms in total. The van der Waals surface area contributed by atoms with Crippen LogP contribution >= 0.6 is 0 Å². The van der Waals surface area contributed by atoms with Gasteiger partial charge >= 0.3 is 0 Å². The van der Waals surface area contributed by atoms with E-state index < -0.39 is 11.9 Å². The maximum atomic E-state index is 11.6. The molecular weight excluding hydrogens is 356 g/mol. The molecule has 2 heterocycles. The van der Waals surface area contributed by atoms with Gasteiger partial charge in [0.2, 0.25) is 0 Å². The number of aliphatic hydroxyl groups excluding tert-OH is 2. The van der Waals surface area contributed by atoms with Crippen LogP contribution in [0.4, 0.5) is 0 Å². The second kappa shape index (κ2) is 5.42. The molecule has 2 N–H and O–H groups in total. The third-order valence-electron chi connectivity index (χ3n) is 10.1. The number of ether oxygens (including phenoxy) is 3. The van der Waals surface area contributed by atoms with Gasteiger partial charge in [0.1, 0.15) is 5.60 Å². The minimum Gasteiger partial charge on any atom is -0.393 e. The summed E-state index contributed by atoms with van der Waals surface area (Å²) in [5, 5.41) is 21.8. The number of hydrogen-bond acceptors (Lipinski definition) is 5. The van der Waals surface area contributed by atoms with Crippen molar-refractivity contribution in [2.24, 2.45) is 28.6 Å². The molecule has 0 bridgehead atoms. The van der Waals surface area contributed by atoms with Crippen LogP contribution in [0.3, 0.4) is 0 Å². The number of rotatable bonds is 1. The predicted molar refractivity (Wildman–Crippen MR) is 102 cm³/mol. The average molecular weight is 391 g/mol. The Morgan fingerprint density at radius 2 is 1.79 bits per heavy atom. The zero-order valence-electron chi connectivity index (χ0n) is 17.3. The number of aliphatic hydroxyl groups is 2. The van der Waals surface area contributed by atoms with E-state index in [0.717, 1.165) is 38.5 Å². The van der Waals surface area contributed by atoms with Crippen LogP contribution < -0.4 is 0 Å². The zero-order chi connectivity index (χ0) is 19.5. The van der Waals surface area contributed by atoms with E-state index in [-0.39, 0.29) is 34.6 Å². The molecule has 1 spiro atoms. The van der Waals surface area contributed by atoms with Crippen molar-refractivity contribution in [3.8, 4) is 0 Å². The van der Waals surface area contributed by atoms with Crippen molar-refractivity contribution >= 4 is 0 Å². The Hall–Kier alpha value is -0.460. The molecule has 0 aromatic carbocycles. The normalized spacial score (nSPS) is 59.0. The highest BCUT2D eigenvalue weighted by Gasteiger charge is 2.84. The summed E-state index contributed by atoms with van der Waals surface area (Å²) in [6.45, 7) is 7.96. The fourth-order valence-electron chi connectivity index (χ4n) is 8.56. The third-order valence-corrected chi connectivity index (χ3v) is 10.1. The van der Waals surface area contributed by atoms with Crippen molar-refractivity contribution in [1.29, 1.82) is 0 Å². The Balaban J connectivity index is 1.41. The summed E-state index contributed by atoms with van der Waals surface area (Å²) in [6.07, 6.45) is 7.41. The molecule has 2 saturated heterocycles. The van der Waals surface area contributed by atoms with Crippen LogP contribution in [0.1, 0.15) is 59.3 Å². The molecule has 0 radical (unpaired) electrons. The van der Waals surface area contributed by atoms with E-state index in [1.165, 1.54) is 5.57 Å². The number of allylic oxidation sites excluding steroid dienone is 1. The lowest BCUT2D eigenvalue weighted by atomic mass is 9.45. The van der Waals surface area contributed by atoms with Gasteiger partial charge in [-0.25, -0.2) is 0 Å². The molecule has 6 aliphatic rings. The molecule has 0 amide bonds. The molecule has 0 aromatic heterocycles. The first-order valence-electron chi connectivity index (χ1n) is 11.3. The molecule has 5 heteroatoms. The first kappa shape index (κ1) is 18.3. The highest BCUT2D eigenvalue weighted by atomic mass is 16.7. The lowest BCUT2D eigenvalue weighted by Gasteiger charge is -2.60. The van der Waals surface area contributed by atoms with Crippen molar-refractivity contribution in [3.63, 3.8) is 0 Å². The number of fused-ring (bicyclic) bond motifs is 3. The van der Waals surface area contributed by atoms with Gasteiger partial charge in [0, 0.05) is 11.3 Å². The molecular formula is C23H34O5. The largest absolute Gasteiger partial charge is 0.393 e. The fourth-order valence-corrected chi connectivity index (χ4v) is 8.56. The van der Waals surface area contributed by atoms with Gasteiger partial charge < -0.3 is 24.4 Å². The van der Waals surface area contributed by atoms with E-state index in [9.17, 15) is 10.2 Å². The summed E-state index contributed by atoms with van der Waals surface area (Å²) in [5.41, 5.74) is 0.909. The highest BCUT2D eigenvalue weighted by Crippen LogP contribution is 2.77. The van der Waals surface area contributed by atoms with Crippen molar-refractivity contribution in [2.45, 2.75) is 89.0 Å². The number of epoxide rings is 1. The molecule has 1 unspecified atom stereocenters. The van der Waals surface area contributed by atoms with E-state index in [0.29, 0.717) is 25.0 Å². The summed E-state index contributed by atoms with van der Waals surface area (Å²) in [7, 11) is 0. The summed E-state index contributed by atoms with van der Waals surface area (Å²) >= 11 is 0. The zero-order valence-corrected chi connectivity index (χ0v) is 17.3. The summed E-state index contributed by atoms with van der Waals surface area (Å²) in [5.74, 6) is 0.402. The molecule has 2 aliphatic heterocycles. The van der Waals surface area contributed by atoms with Crippen LogP contribution in [0, 0.1) is 28.6 Å². The Morgan fingerprint density at radius 3 is 2.54 bits per heavy atom. The van der Waals surface area contributed by atoms with Crippen molar-refractivity contribution in [3.05, 3.63) is 11.6 Å². The summed E-state index contributed by atoms with van der Waals surface area (Å²) in [4.78, 5) is 0. The Bertz CT molecular complexity index is 729. The van der Waals surface area contributed by atoms with Crippen LogP contribution in [0.15, 0.2) is 11.6 Å². The van der Waals surface area contributed by atoms with Gasteiger partial charge in [-0.15, -0.1) is 0 Å². The molecule has 3 saturated carbocycles. The van der Waals surface area contributed by atoms with Crippen molar-refractivity contribution in [2.75, 3.05) is 13.2 Å². The van der Waals surface area contributed by atoms with Gasteiger partial charge in [0.25, 0.3) is 0 Å². The van der Waals surface area contributed by atoms with Crippen LogP contribution in [0.25, 0.3) is 0 Å². The van der Waals surface area contributed by atoms with Gasteiger partial charge in [0.15, 0.2) is 5.79 Å². The van der Waals surface area contributed by atoms with Crippen LogP contribution in [0.5, 0.6) is 0 Å². The number of hydrogen-bond donors (Lipinski definition) is 2. The molecule has 6 rings (SSSR count). The Kier molecular flexibility index (Phi) is 3.54. The van der Waals surface area contributed by atoms with Crippen LogP contribution in [-0.2, 0) is 14.2 Å². The van der Waals surface area contributed by atoms with Gasteiger partial charge in [0.05, 0.1) is 31.5 Å². The van der Waals surface area contributed by atoms with E-state index in [2.05, 4.69) is 26.8 Å². The molecule has 9 atom stereocenters. The third kappa shape index (κ3) is 1.92. The lowest BCUT2D eigenvalue weighted by molar-refractivity contribution is -0.252. The maximum absolute atomic E-state index is 11.6. The maximum Gasteiger partial charge on any atom is 0.169 e. The monoisotopic (exact) mass is 390 g/mol. The first-order valence-corrected chi connectivity index (χ1v) is 11.3. The van der Waals surface area contributed by atoms with E-state index in [1.807, 2.05) is 0 Å². The summed E-state index contributed by atoms with van der Waals surface area (Å²) < 4.78 is 18.7. The van der Waals surface area contributed by atoms with Gasteiger partial charge in [-0.3, -0.25) is 0 Å². The second-order valence-electron chi connectivity index (χ2n) is 10.9. The molecule has 156 valence electrons. The van der Waals surface area contributed by atoms with E-state index in [4.69, 9.17) is 14.2 Å².